The molecular weight excluding hydrogens is 148 g/mol. The van der Waals surface area contributed by atoms with Crippen molar-refractivity contribution >= 4 is 11.4 Å². The van der Waals surface area contributed by atoms with Crippen molar-refractivity contribution in [3.8, 4) is 0 Å². The molecule has 0 radical (unpaired) electrons. The van der Waals surface area contributed by atoms with Crippen LogP contribution >= 0.6 is 0 Å². The Kier molecular flexibility index (Phi) is 1.92. The molecule has 0 aliphatic carbocycles. The van der Waals surface area contributed by atoms with E-state index in [9.17, 15) is 4.55 Å². The summed E-state index contributed by atoms with van der Waals surface area (Å²) in [5.74, 6) is 0.751. The van der Waals surface area contributed by atoms with Crippen molar-refractivity contribution in [3.63, 3.8) is 0 Å². The Labute approximate surface area is 63.9 Å². The lowest BCUT2D eigenvalue weighted by atomic mass is 10.6. The molecule has 0 N–H and O–H groups in total. The first-order valence-corrected chi connectivity index (χ1v) is 4.04. The van der Waals surface area contributed by atoms with E-state index in [4.69, 9.17) is 0 Å². The molecule has 56 valence electrons. The van der Waals surface area contributed by atoms with Crippen LogP contribution in [0.15, 0.2) is 24.0 Å². The highest BCUT2D eigenvalue weighted by Crippen LogP contribution is 2.16. The molecule has 1 rings (SSSR count). The van der Waals surface area contributed by atoms with Gasteiger partial charge in [0.2, 0.25) is 0 Å². The van der Waals surface area contributed by atoms with Gasteiger partial charge >= 0.3 is 0 Å². The summed E-state index contributed by atoms with van der Waals surface area (Å²) >= 11 is -1.02. The van der Waals surface area contributed by atoms with Gasteiger partial charge in [-0.15, -0.1) is 0 Å². The van der Waals surface area contributed by atoms with Gasteiger partial charge in [-0.25, -0.2) is 0 Å². The Hall–Kier alpha value is -0.610. The van der Waals surface area contributed by atoms with E-state index in [-0.39, 0.29) is 0 Å². The minimum atomic E-state index is -1.02. The third-order valence-electron chi connectivity index (χ3n) is 1.44. The van der Waals surface area contributed by atoms with Crippen molar-refractivity contribution < 1.29 is 4.55 Å². The number of rotatable bonds is 0. The highest BCUT2D eigenvalue weighted by Gasteiger charge is 2.20. The van der Waals surface area contributed by atoms with Gasteiger partial charge in [0, 0.05) is 7.05 Å². The van der Waals surface area contributed by atoms with Crippen LogP contribution in [0.5, 0.6) is 0 Å². The second-order valence-corrected chi connectivity index (χ2v) is 3.46. The van der Waals surface area contributed by atoms with Crippen LogP contribution in [0.2, 0.25) is 0 Å². The highest BCUT2D eigenvalue weighted by molar-refractivity contribution is 7.92. The SMILES string of the molecule is C=C1N(C)C=C[S+]([O-])N1C. The molecule has 0 amide bonds. The van der Waals surface area contributed by atoms with Crippen LogP contribution in [0.25, 0.3) is 0 Å². The number of hydrogen-bond acceptors (Lipinski definition) is 3. The molecule has 0 fully saturated rings. The third-order valence-corrected chi connectivity index (χ3v) is 2.55. The molecule has 1 aliphatic heterocycles. The van der Waals surface area contributed by atoms with Gasteiger partial charge in [0.1, 0.15) is 17.2 Å². The molecule has 0 aromatic carbocycles. The molecule has 4 heteroatoms. The standard InChI is InChI=1S/C6H10N2OS/c1-6-7(2)4-5-10(9)8(6)3/h4-5H,1H2,2-3H3. The van der Waals surface area contributed by atoms with Crippen molar-refractivity contribution in [2.75, 3.05) is 14.1 Å². The van der Waals surface area contributed by atoms with Gasteiger partial charge in [-0.05, 0) is 0 Å². The maximum Gasteiger partial charge on any atom is 0.161 e. The Morgan fingerprint density at radius 2 is 2.20 bits per heavy atom. The molecule has 1 atom stereocenters. The van der Waals surface area contributed by atoms with Crippen molar-refractivity contribution in [2.45, 2.75) is 0 Å². The normalized spacial score (nSPS) is 25.9. The zero-order valence-electron chi connectivity index (χ0n) is 6.07. The molecule has 10 heavy (non-hydrogen) atoms. The fourth-order valence-electron chi connectivity index (χ4n) is 0.647. The average Bonchev–Trinajstić information content (AvgIpc) is 1.93. The van der Waals surface area contributed by atoms with E-state index in [0.29, 0.717) is 0 Å². The summed E-state index contributed by atoms with van der Waals surface area (Å²) in [6.45, 7) is 3.73. The Bertz CT molecular complexity index is 181. The Morgan fingerprint density at radius 1 is 1.60 bits per heavy atom. The van der Waals surface area contributed by atoms with E-state index < -0.39 is 11.4 Å². The van der Waals surface area contributed by atoms with Gasteiger partial charge in [0.05, 0.1) is 13.2 Å². The zero-order valence-corrected chi connectivity index (χ0v) is 6.89. The van der Waals surface area contributed by atoms with E-state index in [0.717, 1.165) is 5.82 Å². The summed E-state index contributed by atoms with van der Waals surface area (Å²) in [5, 5.41) is 1.62. The lowest BCUT2D eigenvalue weighted by Gasteiger charge is -2.29. The molecule has 1 unspecified atom stereocenters. The second-order valence-electron chi connectivity index (χ2n) is 2.09. The Balaban J connectivity index is 2.79. The lowest BCUT2D eigenvalue weighted by Crippen LogP contribution is -2.34. The van der Waals surface area contributed by atoms with Crippen LogP contribution in [0, 0.1) is 0 Å². The smallest absolute Gasteiger partial charge is 0.161 e. The minimum absolute atomic E-state index is 0.751. The van der Waals surface area contributed by atoms with E-state index >= 15 is 0 Å². The van der Waals surface area contributed by atoms with Crippen LogP contribution < -0.4 is 0 Å². The zero-order chi connectivity index (χ0) is 7.72. The van der Waals surface area contributed by atoms with E-state index in [1.807, 2.05) is 11.9 Å². The van der Waals surface area contributed by atoms with Crippen LogP contribution in [0.1, 0.15) is 0 Å². The summed E-state index contributed by atoms with van der Waals surface area (Å²) < 4.78 is 12.6. The number of nitrogens with zero attached hydrogens (tertiary/aromatic N) is 2. The summed E-state index contributed by atoms with van der Waals surface area (Å²) in [5.41, 5.74) is 0. The molecule has 1 aliphatic rings. The average molecular weight is 158 g/mol. The molecule has 0 aromatic rings. The fourth-order valence-corrected chi connectivity index (χ4v) is 1.45. The van der Waals surface area contributed by atoms with Gasteiger partial charge in [0.15, 0.2) is 5.41 Å². The van der Waals surface area contributed by atoms with E-state index in [1.165, 1.54) is 0 Å². The van der Waals surface area contributed by atoms with Crippen molar-refractivity contribution in [1.82, 2.24) is 9.21 Å². The molecule has 0 bridgehead atoms. The maximum atomic E-state index is 11.0. The highest BCUT2D eigenvalue weighted by atomic mass is 32.2. The first kappa shape index (κ1) is 7.50. The quantitative estimate of drug-likeness (QED) is 0.480. The lowest BCUT2D eigenvalue weighted by molar-refractivity contribution is 0.411. The monoisotopic (exact) mass is 158 g/mol. The van der Waals surface area contributed by atoms with E-state index in [2.05, 4.69) is 6.58 Å². The molecular formula is C6H10N2OS. The van der Waals surface area contributed by atoms with Gasteiger partial charge in [0.25, 0.3) is 0 Å². The summed E-state index contributed by atoms with van der Waals surface area (Å²) in [7, 11) is 3.62. The van der Waals surface area contributed by atoms with Crippen molar-refractivity contribution in [1.29, 1.82) is 0 Å². The van der Waals surface area contributed by atoms with Crippen LogP contribution in [-0.4, -0.2) is 27.9 Å². The van der Waals surface area contributed by atoms with E-state index in [1.54, 1.807) is 23.0 Å². The summed E-state index contributed by atoms with van der Waals surface area (Å²) in [4.78, 5) is 1.82. The number of hydrogen-bond donors (Lipinski definition) is 0. The van der Waals surface area contributed by atoms with Gasteiger partial charge < -0.3 is 9.45 Å². The van der Waals surface area contributed by atoms with Gasteiger partial charge in [-0.3, -0.25) is 0 Å². The fraction of sp³-hybridized carbons (Fsp3) is 0.333. The summed E-state index contributed by atoms with van der Waals surface area (Å²) in [6.07, 6.45) is 1.75. The first-order valence-electron chi connectivity index (χ1n) is 2.87. The molecule has 0 aromatic heterocycles. The van der Waals surface area contributed by atoms with Crippen LogP contribution in [0.3, 0.4) is 0 Å². The van der Waals surface area contributed by atoms with Gasteiger partial charge in [-0.1, -0.05) is 6.58 Å². The summed E-state index contributed by atoms with van der Waals surface area (Å²) in [6, 6.07) is 0. The maximum absolute atomic E-state index is 11.0. The van der Waals surface area contributed by atoms with Crippen LogP contribution in [-0.2, 0) is 11.4 Å². The molecule has 0 saturated carbocycles. The molecule has 0 saturated heterocycles. The third kappa shape index (κ3) is 1.12. The Morgan fingerprint density at radius 3 is 2.70 bits per heavy atom. The molecule has 3 nitrogen and oxygen atoms in total. The van der Waals surface area contributed by atoms with Gasteiger partial charge in [-0.2, -0.15) is 4.31 Å². The minimum Gasteiger partial charge on any atom is -0.588 e. The topological polar surface area (TPSA) is 29.5 Å². The second kappa shape index (κ2) is 2.56. The van der Waals surface area contributed by atoms with Crippen molar-refractivity contribution in [3.05, 3.63) is 24.0 Å². The predicted molar refractivity (Wildman–Crippen MR) is 41.9 cm³/mol. The largest absolute Gasteiger partial charge is 0.588 e. The molecule has 1 heterocycles. The van der Waals surface area contributed by atoms with Crippen LogP contribution in [0.4, 0.5) is 0 Å². The molecule has 0 spiro atoms. The predicted octanol–water partition coefficient (Wildman–Crippen LogP) is 0.470. The first-order chi connectivity index (χ1) is 4.63. The van der Waals surface area contributed by atoms with Crippen molar-refractivity contribution in [2.24, 2.45) is 0 Å².